The monoisotopic (exact) mass is 334 g/mol. The van der Waals surface area contributed by atoms with Crippen molar-refractivity contribution in [2.75, 3.05) is 5.32 Å². The summed E-state index contributed by atoms with van der Waals surface area (Å²) in [5.74, 6) is -1.30. The molecular formula is C20H18N2O3. The Morgan fingerprint density at radius 2 is 1.60 bits per heavy atom. The normalized spacial score (nSPS) is 13.0. The zero-order valence-corrected chi connectivity index (χ0v) is 13.5. The Morgan fingerprint density at radius 3 is 2.28 bits per heavy atom. The largest absolute Gasteiger partial charge is 0.479 e. The molecule has 0 aliphatic rings. The Bertz CT molecular complexity index is 853. The number of aromatic nitrogens is 1. The van der Waals surface area contributed by atoms with Crippen LogP contribution in [0.25, 0.3) is 0 Å². The molecule has 0 amide bonds. The van der Waals surface area contributed by atoms with Crippen molar-refractivity contribution >= 4 is 17.3 Å². The predicted octanol–water partition coefficient (Wildman–Crippen LogP) is 3.34. The fraction of sp³-hybridized carbons (Fsp3) is 0.100. The van der Waals surface area contributed by atoms with Crippen molar-refractivity contribution in [3.05, 3.63) is 90.3 Å². The van der Waals surface area contributed by atoms with Crippen molar-refractivity contribution in [1.82, 2.24) is 4.98 Å². The first-order chi connectivity index (χ1) is 12.1. The molecule has 1 unspecified atom stereocenters. The van der Waals surface area contributed by atoms with E-state index in [0.29, 0.717) is 16.8 Å². The van der Waals surface area contributed by atoms with Crippen LogP contribution in [-0.4, -0.2) is 21.2 Å². The lowest BCUT2D eigenvalue weighted by Crippen LogP contribution is -2.38. The van der Waals surface area contributed by atoms with Crippen LogP contribution in [0.5, 0.6) is 0 Å². The van der Waals surface area contributed by atoms with Gasteiger partial charge in [-0.3, -0.25) is 4.98 Å². The Kier molecular flexibility index (Phi) is 4.77. The maximum atomic E-state index is 11.9. The Balaban J connectivity index is 2.01. The van der Waals surface area contributed by atoms with Crippen LogP contribution in [0.4, 0.5) is 11.4 Å². The highest BCUT2D eigenvalue weighted by molar-refractivity contribution is 5.83. The summed E-state index contributed by atoms with van der Waals surface area (Å²) >= 11 is 0. The van der Waals surface area contributed by atoms with E-state index in [0.717, 1.165) is 5.69 Å². The van der Waals surface area contributed by atoms with Gasteiger partial charge in [-0.2, -0.15) is 0 Å². The number of aliphatic hydroxyl groups is 1. The van der Waals surface area contributed by atoms with E-state index in [4.69, 9.17) is 0 Å². The Morgan fingerprint density at radius 1 is 0.960 bits per heavy atom. The average molecular weight is 334 g/mol. The van der Waals surface area contributed by atoms with Crippen molar-refractivity contribution < 1.29 is 15.0 Å². The highest BCUT2D eigenvalue weighted by atomic mass is 16.4. The standard InChI is InChI=1S/C20H18N2O3/c23-19(24)20(25,14-15-10-12-21-13-11-15)17-8-4-5-9-18(17)22-16-6-2-1-3-7-16/h1-13,22,25H,14H2,(H,23,24). The molecule has 126 valence electrons. The fourth-order valence-corrected chi connectivity index (χ4v) is 2.71. The van der Waals surface area contributed by atoms with Gasteiger partial charge in [-0.25, -0.2) is 4.79 Å². The summed E-state index contributed by atoms with van der Waals surface area (Å²) in [6.45, 7) is 0. The number of para-hydroxylation sites is 2. The van der Waals surface area contributed by atoms with Crippen molar-refractivity contribution in [2.24, 2.45) is 0 Å². The van der Waals surface area contributed by atoms with E-state index >= 15 is 0 Å². The Labute approximate surface area is 145 Å². The first-order valence-electron chi connectivity index (χ1n) is 7.86. The Hall–Kier alpha value is -3.18. The maximum Gasteiger partial charge on any atom is 0.340 e. The number of hydrogen-bond donors (Lipinski definition) is 3. The van der Waals surface area contributed by atoms with Crippen LogP contribution in [0.3, 0.4) is 0 Å². The molecule has 0 saturated carbocycles. The molecule has 0 radical (unpaired) electrons. The molecule has 3 aromatic rings. The van der Waals surface area contributed by atoms with Gasteiger partial charge in [0.25, 0.3) is 0 Å². The van der Waals surface area contributed by atoms with Crippen LogP contribution in [-0.2, 0) is 16.8 Å². The number of rotatable bonds is 6. The molecule has 0 aliphatic carbocycles. The van der Waals surface area contributed by atoms with Gasteiger partial charge in [-0.15, -0.1) is 0 Å². The van der Waals surface area contributed by atoms with Gasteiger partial charge >= 0.3 is 5.97 Å². The molecule has 25 heavy (non-hydrogen) atoms. The fourth-order valence-electron chi connectivity index (χ4n) is 2.71. The van der Waals surface area contributed by atoms with E-state index in [9.17, 15) is 15.0 Å². The minimum atomic E-state index is -2.06. The molecule has 1 atom stereocenters. The van der Waals surface area contributed by atoms with Crippen LogP contribution < -0.4 is 5.32 Å². The lowest BCUT2D eigenvalue weighted by atomic mass is 9.86. The second-order valence-electron chi connectivity index (χ2n) is 5.73. The van der Waals surface area contributed by atoms with Crippen molar-refractivity contribution in [3.63, 3.8) is 0 Å². The smallest absolute Gasteiger partial charge is 0.340 e. The number of carboxylic acids is 1. The van der Waals surface area contributed by atoms with Gasteiger partial charge in [0, 0.05) is 35.8 Å². The van der Waals surface area contributed by atoms with Gasteiger partial charge in [0.05, 0.1) is 0 Å². The first-order valence-corrected chi connectivity index (χ1v) is 7.86. The summed E-state index contributed by atoms with van der Waals surface area (Å²) in [4.78, 5) is 15.9. The number of benzene rings is 2. The third-order valence-corrected chi connectivity index (χ3v) is 3.99. The molecule has 5 heteroatoms. The molecule has 0 aliphatic heterocycles. The van der Waals surface area contributed by atoms with Crippen molar-refractivity contribution in [3.8, 4) is 0 Å². The van der Waals surface area contributed by atoms with Gasteiger partial charge in [0.15, 0.2) is 5.60 Å². The van der Waals surface area contributed by atoms with E-state index in [1.807, 2.05) is 30.3 Å². The summed E-state index contributed by atoms with van der Waals surface area (Å²) in [5, 5.41) is 23.9. The SMILES string of the molecule is O=C(O)C(O)(Cc1ccncc1)c1ccccc1Nc1ccccc1. The number of nitrogens with zero attached hydrogens (tertiary/aromatic N) is 1. The quantitative estimate of drug-likeness (QED) is 0.644. The summed E-state index contributed by atoms with van der Waals surface area (Å²) in [5.41, 5.74) is 0.302. The van der Waals surface area contributed by atoms with Crippen molar-refractivity contribution in [1.29, 1.82) is 0 Å². The van der Waals surface area contributed by atoms with Gasteiger partial charge in [-0.05, 0) is 35.9 Å². The summed E-state index contributed by atoms with van der Waals surface area (Å²) < 4.78 is 0. The number of carbonyl (C=O) groups is 1. The summed E-state index contributed by atoms with van der Waals surface area (Å²) in [6.07, 6.45) is 3.09. The molecule has 0 fully saturated rings. The molecule has 1 heterocycles. The van der Waals surface area contributed by atoms with Crippen LogP contribution >= 0.6 is 0 Å². The number of carboxylic acid groups (broad SMARTS) is 1. The van der Waals surface area contributed by atoms with Crippen LogP contribution in [0, 0.1) is 0 Å². The molecule has 1 aromatic heterocycles. The highest BCUT2D eigenvalue weighted by Gasteiger charge is 2.40. The molecule has 5 nitrogen and oxygen atoms in total. The number of hydrogen-bond acceptors (Lipinski definition) is 4. The number of pyridine rings is 1. The van der Waals surface area contributed by atoms with Gasteiger partial charge in [0.2, 0.25) is 0 Å². The zero-order chi connectivity index (χ0) is 17.7. The van der Waals surface area contributed by atoms with Gasteiger partial charge < -0.3 is 15.5 Å². The molecule has 3 rings (SSSR count). The number of anilines is 2. The zero-order valence-electron chi connectivity index (χ0n) is 13.5. The lowest BCUT2D eigenvalue weighted by Gasteiger charge is -2.27. The molecule has 2 aromatic carbocycles. The second-order valence-corrected chi connectivity index (χ2v) is 5.73. The van der Waals surface area contributed by atoms with E-state index < -0.39 is 11.6 Å². The van der Waals surface area contributed by atoms with E-state index in [1.165, 1.54) is 0 Å². The minimum absolute atomic E-state index is 0.0572. The van der Waals surface area contributed by atoms with E-state index in [-0.39, 0.29) is 6.42 Å². The number of nitrogens with one attached hydrogen (secondary N) is 1. The van der Waals surface area contributed by atoms with Gasteiger partial charge in [-0.1, -0.05) is 36.4 Å². The second kappa shape index (κ2) is 7.15. The third kappa shape index (κ3) is 3.67. The van der Waals surface area contributed by atoms with E-state index in [1.54, 1.807) is 48.8 Å². The predicted molar refractivity (Wildman–Crippen MR) is 95.6 cm³/mol. The topological polar surface area (TPSA) is 82.5 Å². The van der Waals surface area contributed by atoms with Crippen LogP contribution in [0.1, 0.15) is 11.1 Å². The summed E-state index contributed by atoms with van der Waals surface area (Å²) in [6, 6.07) is 19.7. The molecular weight excluding hydrogens is 316 g/mol. The third-order valence-electron chi connectivity index (χ3n) is 3.99. The average Bonchev–Trinajstić information content (AvgIpc) is 2.63. The van der Waals surface area contributed by atoms with Crippen molar-refractivity contribution in [2.45, 2.75) is 12.0 Å². The van der Waals surface area contributed by atoms with Gasteiger partial charge in [0.1, 0.15) is 0 Å². The maximum absolute atomic E-state index is 11.9. The molecule has 0 saturated heterocycles. The highest BCUT2D eigenvalue weighted by Crippen LogP contribution is 2.33. The van der Waals surface area contributed by atoms with E-state index in [2.05, 4.69) is 10.3 Å². The van der Waals surface area contributed by atoms with Crippen LogP contribution in [0.15, 0.2) is 79.1 Å². The summed E-state index contributed by atoms with van der Waals surface area (Å²) in [7, 11) is 0. The minimum Gasteiger partial charge on any atom is -0.479 e. The lowest BCUT2D eigenvalue weighted by molar-refractivity contribution is -0.159. The molecule has 0 spiro atoms. The molecule has 0 bridgehead atoms. The van der Waals surface area contributed by atoms with Crippen LogP contribution in [0.2, 0.25) is 0 Å². The molecule has 3 N–H and O–H groups in total. The number of aliphatic carboxylic acids is 1. The first kappa shape index (κ1) is 16.7.